The number of anilines is 1. The molecule has 0 aliphatic rings. The third-order valence-electron chi connectivity index (χ3n) is 2.49. The molecule has 1 rings (SSSR count). The van der Waals surface area contributed by atoms with Crippen molar-refractivity contribution in [1.82, 2.24) is 0 Å². The molecule has 0 aromatic heterocycles. The minimum Gasteiger partial charge on any atom is -0.393 e. The molecule has 0 radical (unpaired) electrons. The second-order valence-electron chi connectivity index (χ2n) is 3.85. The van der Waals surface area contributed by atoms with Gasteiger partial charge in [-0.2, -0.15) is 13.2 Å². The number of rotatable bonds is 5. The molecule has 1 unspecified atom stereocenters. The molecule has 0 saturated carbocycles. The van der Waals surface area contributed by atoms with Gasteiger partial charge in [-0.25, -0.2) is 0 Å². The van der Waals surface area contributed by atoms with Crippen molar-refractivity contribution in [3.05, 3.63) is 29.8 Å². The fourth-order valence-electron chi connectivity index (χ4n) is 1.36. The summed E-state index contributed by atoms with van der Waals surface area (Å²) in [6, 6.07) is 4.86. The van der Waals surface area contributed by atoms with E-state index < -0.39 is 11.7 Å². The molecule has 17 heavy (non-hydrogen) atoms. The maximum absolute atomic E-state index is 12.3. The van der Waals surface area contributed by atoms with E-state index in [4.69, 9.17) is 0 Å². The first-order valence-corrected chi connectivity index (χ1v) is 5.52. The van der Waals surface area contributed by atoms with Crippen molar-refractivity contribution < 1.29 is 18.3 Å². The molecule has 0 bridgehead atoms. The SMILES string of the molecule is CCC(O)CCNc1ccc(C(F)(F)F)cc1. The third kappa shape index (κ3) is 4.65. The van der Waals surface area contributed by atoms with Gasteiger partial charge in [0.05, 0.1) is 11.7 Å². The summed E-state index contributed by atoms with van der Waals surface area (Å²) in [5.41, 5.74) is -0.0297. The van der Waals surface area contributed by atoms with Gasteiger partial charge in [-0.05, 0) is 37.1 Å². The van der Waals surface area contributed by atoms with Crippen molar-refractivity contribution >= 4 is 5.69 Å². The zero-order chi connectivity index (χ0) is 12.9. The van der Waals surface area contributed by atoms with E-state index in [9.17, 15) is 18.3 Å². The van der Waals surface area contributed by atoms with Crippen LogP contribution in [-0.2, 0) is 6.18 Å². The van der Waals surface area contributed by atoms with Gasteiger partial charge in [0.25, 0.3) is 0 Å². The van der Waals surface area contributed by atoms with Gasteiger partial charge >= 0.3 is 6.18 Å². The minimum absolute atomic E-state index is 0.364. The van der Waals surface area contributed by atoms with Crippen molar-refractivity contribution in [2.24, 2.45) is 0 Å². The first-order valence-electron chi connectivity index (χ1n) is 5.52. The third-order valence-corrected chi connectivity index (χ3v) is 2.49. The molecule has 96 valence electrons. The molecule has 0 heterocycles. The molecule has 0 fully saturated rings. The number of aliphatic hydroxyl groups is 1. The zero-order valence-corrected chi connectivity index (χ0v) is 9.59. The Balaban J connectivity index is 2.46. The monoisotopic (exact) mass is 247 g/mol. The van der Waals surface area contributed by atoms with Crippen LogP contribution < -0.4 is 5.32 Å². The largest absolute Gasteiger partial charge is 0.416 e. The van der Waals surface area contributed by atoms with Crippen LogP contribution >= 0.6 is 0 Å². The summed E-state index contributed by atoms with van der Waals surface area (Å²) in [4.78, 5) is 0. The molecule has 0 amide bonds. The number of hydrogen-bond donors (Lipinski definition) is 2. The molecular weight excluding hydrogens is 231 g/mol. The maximum atomic E-state index is 12.3. The summed E-state index contributed by atoms with van der Waals surface area (Å²) in [6.07, 6.45) is -3.40. The summed E-state index contributed by atoms with van der Waals surface area (Å²) in [7, 11) is 0. The molecule has 1 atom stereocenters. The van der Waals surface area contributed by atoms with Gasteiger partial charge in [-0.3, -0.25) is 0 Å². The van der Waals surface area contributed by atoms with Gasteiger partial charge in [-0.1, -0.05) is 6.92 Å². The van der Waals surface area contributed by atoms with Crippen molar-refractivity contribution in [3.8, 4) is 0 Å². The van der Waals surface area contributed by atoms with E-state index in [1.165, 1.54) is 12.1 Å². The molecule has 0 aliphatic carbocycles. The Labute approximate surface area is 98.5 Å². The van der Waals surface area contributed by atoms with E-state index in [0.717, 1.165) is 12.1 Å². The molecule has 2 N–H and O–H groups in total. The van der Waals surface area contributed by atoms with Gasteiger partial charge in [0.15, 0.2) is 0 Å². The Kier molecular flexibility index (Phi) is 4.81. The second kappa shape index (κ2) is 5.91. The lowest BCUT2D eigenvalue weighted by Crippen LogP contribution is -2.12. The summed E-state index contributed by atoms with van der Waals surface area (Å²) < 4.78 is 36.8. The number of halogens is 3. The maximum Gasteiger partial charge on any atom is 0.416 e. The molecule has 0 saturated heterocycles. The Morgan fingerprint density at radius 1 is 1.24 bits per heavy atom. The number of nitrogens with one attached hydrogen (secondary N) is 1. The van der Waals surface area contributed by atoms with Crippen LogP contribution in [0.25, 0.3) is 0 Å². The van der Waals surface area contributed by atoms with E-state index in [1.54, 1.807) is 0 Å². The standard InChI is InChI=1S/C12H16F3NO/c1-2-11(17)7-8-16-10-5-3-9(4-6-10)12(13,14)15/h3-6,11,16-17H,2,7-8H2,1H3. The van der Waals surface area contributed by atoms with Gasteiger partial charge in [0.1, 0.15) is 0 Å². The zero-order valence-electron chi connectivity index (χ0n) is 9.59. The number of hydrogen-bond acceptors (Lipinski definition) is 2. The highest BCUT2D eigenvalue weighted by Crippen LogP contribution is 2.29. The van der Waals surface area contributed by atoms with E-state index in [0.29, 0.717) is 25.1 Å². The number of alkyl halides is 3. The summed E-state index contributed by atoms with van der Waals surface area (Å²) in [6.45, 7) is 2.42. The van der Waals surface area contributed by atoms with Crippen LogP contribution in [0.3, 0.4) is 0 Å². The average molecular weight is 247 g/mol. The lowest BCUT2D eigenvalue weighted by molar-refractivity contribution is -0.137. The lowest BCUT2D eigenvalue weighted by Gasteiger charge is -2.11. The summed E-state index contributed by atoms with van der Waals surface area (Å²) >= 11 is 0. The van der Waals surface area contributed by atoms with Crippen molar-refractivity contribution in [2.45, 2.75) is 32.0 Å². The number of aliphatic hydroxyl groups excluding tert-OH is 1. The van der Waals surface area contributed by atoms with Crippen LogP contribution in [0.2, 0.25) is 0 Å². The molecule has 1 aromatic rings. The van der Waals surface area contributed by atoms with E-state index in [-0.39, 0.29) is 6.10 Å². The Hall–Kier alpha value is -1.23. The summed E-state index contributed by atoms with van der Waals surface area (Å²) in [5, 5.41) is 12.3. The lowest BCUT2D eigenvalue weighted by atomic mass is 10.2. The fourth-order valence-corrected chi connectivity index (χ4v) is 1.36. The Morgan fingerprint density at radius 3 is 2.29 bits per heavy atom. The van der Waals surface area contributed by atoms with Crippen LogP contribution in [0.15, 0.2) is 24.3 Å². The second-order valence-corrected chi connectivity index (χ2v) is 3.85. The van der Waals surface area contributed by atoms with Crippen molar-refractivity contribution in [1.29, 1.82) is 0 Å². The molecular formula is C12H16F3NO. The topological polar surface area (TPSA) is 32.3 Å². The molecule has 5 heteroatoms. The van der Waals surface area contributed by atoms with Crippen LogP contribution in [0.5, 0.6) is 0 Å². The normalized spacial score (nSPS) is 13.5. The van der Waals surface area contributed by atoms with Crippen LogP contribution in [0.4, 0.5) is 18.9 Å². The first kappa shape index (κ1) is 13.8. The van der Waals surface area contributed by atoms with E-state index in [1.807, 2.05) is 6.92 Å². The molecule has 0 aliphatic heterocycles. The van der Waals surface area contributed by atoms with Crippen LogP contribution in [-0.4, -0.2) is 17.8 Å². The highest BCUT2D eigenvalue weighted by atomic mass is 19.4. The average Bonchev–Trinajstić information content (AvgIpc) is 2.28. The van der Waals surface area contributed by atoms with Crippen LogP contribution in [0.1, 0.15) is 25.3 Å². The van der Waals surface area contributed by atoms with Crippen molar-refractivity contribution in [2.75, 3.05) is 11.9 Å². The van der Waals surface area contributed by atoms with Gasteiger partial charge < -0.3 is 10.4 Å². The predicted molar refractivity (Wildman–Crippen MR) is 60.8 cm³/mol. The quantitative estimate of drug-likeness (QED) is 0.836. The minimum atomic E-state index is -4.29. The van der Waals surface area contributed by atoms with Crippen LogP contribution in [0, 0.1) is 0 Å². The van der Waals surface area contributed by atoms with Gasteiger partial charge in [0, 0.05) is 12.2 Å². The Bertz CT molecular complexity index is 335. The van der Waals surface area contributed by atoms with E-state index >= 15 is 0 Å². The highest BCUT2D eigenvalue weighted by Gasteiger charge is 2.29. The van der Waals surface area contributed by atoms with Gasteiger partial charge in [0.2, 0.25) is 0 Å². The number of benzene rings is 1. The summed E-state index contributed by atoms with van der Waals surface area (Å²) in [5.74, 6) is 0. The van der Waals surface area contributed by atoms with Gasteiger partial charge in [-0.15, -0.1) is 0 Å². The highest BCUT2D eigenvalue weighted by molar-refractivity contribution is 5.45. The molecule has 2 nitrogen and oxygen atoms in total. The fraction of sp³-hybridized carbons (Fsp3) is 0.500. The predicted octanol–water partition coefficient (Wildman–Crippen LogP) is 3.28. The molecule has 1 aromatic carbocycles. The van der Waals surface area contributed by atoms with E-state index in [2.05, 4.69) is 5.32 Å². The smallest absolute Gasteiger partial charge is 0.393 e. The first-order chi connectivity index (χ1) is 7.93. The Morgan fingerprint density at radius 2 is 1.82 bits per heavy atom. The molecule has 0 spiro atoms. The van der Waals surface area contributed by atoms with Crippen molar-refractivity contribution in [3.63, 3.8) is 0 Å².